The molecule has 24 heavy (non-hydrogen) atoms. The summed E-state index contributed by atoms with van der Waals surface area (Å²) in [7, 11) is 0. The lowest BCUT2D eigenvalue weighted by atomic mass is 10.2. The molecule has 2 aromatic rings. The van der Waals surface area contributed by atoms with Crippen LogP contribution in [0.4, 0.5) is 0 Å². The number of ether oxygens (including phenoxy) is 1. The average Bonchev–Trinajstić information content (AvgIpc) is 2.62. The number of benzene rings is 1. The maximum atomic E-state index is 11.2. The van der Waals surface area contributed by atoms with Crippen molar-refractivity contribution < 1.29 is 9.53 Å². The molecule has 0 radical (unpaired) electrons. The molecule has 1 aliphatic rings. The van der Waals surface area contributed by atoms with Gasteiger partial charge < -0.3 is 10.5 Å². The molecule has 1 aliphatic heterocycles. The fourth-order valence-electron chi connectivity index (χ4n) is 2.50. The molecule has 1 atom stereocenters. The summed E-state index contributed by atoms with van der Waals surface area (Å²) in [5.74, 6) is 0.438. The SMILES string of the molecule is NC(=O)C1CN(Cc2cnc(SCc3ccccc3)nc2)CCO1. The minimum absolute atomic E-state index is 0.413. The van der Waals surface area contributed by atoms with Gasteiger partial charge in [-0.2, -0.15) is 0 Å². The van der Waals surface area contributed by atoms with E-state index in [1.807, 2.05) is 30.6 Å². The van der Waals surface area contributed by atoms with Crippen LogP contribution in [0.1, 0.15) is 11.1 Å². The summed E-state index contributed by atoms with van der Waals surface area (Å²) in [4.78, 5) is 22.2. The zero-order chi connectivity index (χ0) is 16.8. The highest BCUT2D eigenvalue weighted by Gasteiger charge is 2.24. The molecule has 6 nitrogen and oxygen atoms in total. The van der Waals surface area contributed by atoms with Crippen molar-refractivity contribution in [2.45, 2.75) is 23.6 Å². The highest BCUT2D eigenvalue weighted by molar-refractivity contribution is 7.98. The van der Waals surface area contributed by atoms with Gasteiger partial charge in [-0.25, -0.2) is 9.97 Å². The van der Waals surface area contributed by atoms with Gasteiger partial charge in [0, 0.05) is 43.3 Å². The van der Waals surface area contributed by atoms with Crippen molar-refractivity contribution in [1.29, 1.82) is 0 Å². The summed E-state index contributed by atoms with van der Waals surface area (Å²) < 4.78 is 5.35. The van der Waals surface area contributed by atoms with Gasteiger partial charge in [-0.15, -0.1) is 0 Å². The van der Waals surface area contributed by atoms with Crippen LogP contribution >= 0.6 is 11.8 Å². The number of carbonyl (C=O) groups excluding carboxylic acids is 1. The first-order chi connectivity index (χ1) is 11.7. The minimum atomic E-state index is -0.527. The summed E-state index contributed by atoms with van der Waals surface area (Å²) >= 11 is 1.62. The molecule has 2 N–H and O–H groups in total. The highest BCUT2D eigenvalue weighted by Crippen LogP contribution is 2.19. The first-order valence-electron chi connectivity index (χ1n) is 7.81. The van der Waals surface area contributed by atoms with Gasteiger partial charge in [-0.05, 0) is 5.56 Å². The summed E-state index contributed by atoms with van der Waals surface area (Å²) in [5, 5.41) is 0.764. The topological polar surface area (TPSA) is 81.3 Å². The van der Waals surface area contributed by atoms with E-state index in [1.54, 1.807) is 11.8 Å². The number of nitrogens with two attached hydrogens (primary N) is 1. The number of rotatable bonds is 6. The predicted molar refractivity (Wildman–Crippen MR) is 92.2 cm³/mol. The van der Waals surface area contributed by atoms with Crippen molar-refractivity contribution in [3.8, 4) is 0 Å². The lowest BCUT2D eigenvalue weighted by Crippen LogP contribution is -2.47. The quantitative estimate of drug-likeness (QED) is 0.631. The molecular weight excluding hydrogens is 324 g/mol. The summed E-state index contributed by atoms with van der Waals surface area (Å²) in [6, 6.07) is 10.3. The van der Waals surface area contributed by atoms with Crippen molar-refractivity contribution in [3.05, 3.63) is 53.9 Å². The van der Waals surface area contributed by atoms with Crippen molar-refractivity contribution in [3.63, 3.8) is 0 Å². The third-order valence-electron chi connectivity index (χ3n) is 3.77. The van der Waals surface area contributed by atoms with Crippen LogP contribution < -0.4 is 5.73 Å². The van der Waals surface area contributed by atoms with E-state index >= 15 is 0 Å². The van der Waals surface area contributed by atoms with E-state index < -0.39 is 12.0 Å². The number of morpholine rings is 1. The van der Waals surface area contributed by atoms with Crippen LogP contribution in [-0.2, 0) is 21.8 Å². The molecule has 1 aromatic heterocycles. The molecule has 0 aliphatic carbocycles. The van der Waals surface area contributed by atoms with Crippen molar-refractivity contribution in [2.75, 3.05) is 19.7 Å². The number of hydrogen-bond acceptors (Lipinski definition) is 6. The molecule has 0 saturated carbocycles. The first-order valence-corrected chi connectivity index (χ1v) is 8.80. The molecule has 3 rings (SSSR count). The van der Waals surface area contributed by atoms with Gasteiger partial charge in [0.15, 0.2) is 5.16 Å². The Morgan fingerprint density at radius 3 is 2.71 bits per heavy atom. The van der Waals surface area contributed by atoms with Crippen molar-refractivity contribution in [1.82, 2.24) is 14.9 Å². The monoisotopic (exact) mass is 344 g/mol. The number of primary amides is 1. The molecule has 1 aromatic carbocycles. The third-order valence-corrected chi connectivity index (χ3v) is 4.71. The molecule has 1 amide bonds. The Kier molecular flexibility index (Phi) is 5.79. The average molecular weight is 344 g/mol. The molecule has 1 fully saturated rings. The minimum Gasteiger partial charge on any atom is -0.367 e. The maximum absolute atomic E-state index is 11.2. The van der Waals surface area contributed by atoms with Crippen LogP contribution in [0.3, 0.4) is 0 Å². The summed E-state index contributed by atoms with van der Waals surface area (Å²) in [6.45, 7) is 2.49. The molecular formula is C17H20N4O2S. The second-order valence-electron chi connectivity index (χ2n) is 5.65. The number of carbonyl (C=O) groups is 1. The molecule has 0 bridgehead atoms. The Morgan fingerprint density at radius 2 is 2.00 bits per heavy atom. The van der Waals surface area contributed by atoms with E-state index in [4.69, 9.17) is 10.5 Å². The van der Waals surface area contributed by atoms with Crippen LogP contribution in [0.5, 0.6) is 0 Å². The van der Waals surface area contributed by atoms with Gasteiger partial charge >= 0.3 is 0 Å². The van der Waals surface area contributed by atoms with E-state index in [1.165, 1.54) is 5.56 Å². The Morgan fingerprint density at radius 1 is 1.25 bits per heavy atom. The fourth-order valence-corrected chi connectivity index (χ4v) is 3.24. The van der Waals surface area contributed by atoms with Crippen LogP contribution in [0.15, 0.2) is 47.9 Å². The second-order valence-corrected chi connectivity index (χ2v) is 6.59. The molecule has 126 valence electrons. The number of thioether (sulfide) groups is 1. The van der Waals surface area contributed by atoms with E-state index in [9.17, 15) is 4.79 Å². The lowest BCUT2D eigenvalue weighted by Gasteiger charge is -2.31. The highest BCUT2D eigenvalue weighted by atomic mass is 32.2. The molecule has 1 unspecified atom stereocenters. The predicted octanol–water partition coefficient (Wildman–Crippen LogP) is 1.45. The Hall–Kier alpha value is -1.96. The standard InChI is InChI=1S/C17H20N4O2S/c18-16(22)15-11-21(6-7-23-15)10-14-8-19-17(20-9-14)24-12-13-4-2-1-3-5-13/h1-5,8-9,15H,6-7,10-12H2,(H2,18,22). The smallest absolute Gasteiger partial charge is 0.247 e. The van der Waals surface area contributed by atoms with Gasteiger partial charge in [0.1, 0.15) is 6.10 Å². The first kappa shape index (κ1) is 16.9. The Labute approximate surface area is 145 Å². The number of aromatic nitrogens is 2. The largest absolute Gasteiger partial charge is 0.367 e. The summed E-state index contributed by atoms with van der Waals surface area (Å²) in [5.41, 5.74) is 7.57. The summed E-state index contributed by atoms with van der Waals surface area (Å²) in [6.07, 6.45) is 3.16. The zero-order valence-electron chi connectivity index (χ0n) is 13.3. The lowest BCUT2D eigenvalue weighted by molar-refractivity contribution is -0.135. The third kappa shape index (κ3) is 4.77. The maximum Gasteiger partial charge on any atom is 0.247 e. The van der Waals surface area contributed by atoms with Crippen LogP contribution in [0.2, 0.25) is 0 Å². The van der Waals surface area contributed by atoms with Gasteiger partial charge in [0.25, 0.3) is 0 Å². The number of nitrogens with zero attached hydrogens (tertiary/aromatic N) is 3. The van der Waals surface area contributed by atoms with Crippen LogP contribution in [0.25, 0.3) is 0 Å². The Balaban J connectivity index is 1.52. The van der Waals surface area contributed by atoms with E-state index in [2.05, 4.69) is 27.0 Å². The number of amides is 1. The second kappa shape index (κ2) is 8.23. The molecule has 1 saturated heterocycles. The molecule has 2 heterocycles. The molecule has 7 heteroatoms. The zero-order valence-corrected chi connectivity index (χ0v) is 14.1. The van der Waals surface area contributed by atoms with Gasteiger partial charge in [0.05, 0.1) is 6.61 Å². The van der Waals surface area contributed by atoms with Crippen LogP contribution in [0, 0.1) is 0 Å². The molecule has 0 spiro atoms. The Bertz CT molecular complexity index is 666. The van der Waals surface area contributed by atoms with Gasteiger partial charge in [-0.1, -0.05) is 42.1 Å². The van der Waals surface area contributed by atoms with Crippen LogP contribution in [-0.4, -0.2) is 46.6 Å². The van der Waals surface area contributed by atoms with Crippen molar-refractivity contribution >= 4 is 17.7 Å². The number of hydrogen-bond donors (Lipinski definition) is 1. The normalized spacial score (nSPS) is 18.4. The van der Waals surface area contributed by atoms with Gasteiger partial charge in [-0.3, -0.25) is 9.69 Å². The van der Waals surface area contributed by atoms with E-state index in [0.717, 1.165) is 23.0 Å². The van der Waals surface area contributed by atoms with Crippen molar-refractivity contribution in [2.24, 2.45) is 5.73 Å². The van der Waals surface area contributed by atoms with E-state index in [-0.39, 0.29) is 0 Å². The fraction of sp³-hybridized carbons (Fsp3) is 0.353. The van der Waals surface area contributed by atoms with Gasteiger partial charge in [0.2, 0.25) is 5.91 Å². The van der Waals surface area contributed by atoms with E-state index in [0.29, 0.717) is 19.7 Å².